The third-order valence-electron chi connectivity index (χ3n) is 1.93. The molecule has 1 N–H and O–H groups in total. The van der Waals surface area contributed by atoms with Crippen molar-refractivity contribution in [2.45, 2.75) is 13.5 Å². The third kappa shape index (κ3) is 1.76. The summed E-state index contributed by atoms with van der Waals surface area (Å²) in [4.78, 5) is 0. The summed E-state index contributed by atoms with van der Waals surface area (Å²) in [5.74, 6) is 2.55. The molecule has 0 aromatic carbocycles. The largest absolute Gasteiger partial charge is 0.465 e. The molecule has 0 unspecified atom stereocenters. The standard InChI is InChI=1S/C9H12N4O/c1-7-3-4-8(14-7)5-10-9-12-11-6-13(9)2/h3-4,6H,5H2,1-2H3,(H,10,12). The fourth-order valence-corrected chi connectivity index (χ4v) is 1.19. The lowest BCUT2D eigenvalue weighted by atomic mass is 10.4. The predicted molar refractivity (Wildman–Crippen MR) is 51.8 cm³/mol. The predicted octanol–water partition coefficient (Wildman–Crippen LogP) is 1.33. The zero-order valence-electron chi connectivity index (χ0n) is 8.19. The summed E-state index contributed by atoms with van der Waals surface area (Å²) in [6.07, 6.45) is 1.65. The van der Waals surface area contributed by atoms with E-state index in [1.165, 1.54) is 0 Å². The highest BCUT2D eigenvalue weighted by molar-refractivity contribution is 5.24. The van der Waals surface area contributed by atoms with Gasteiger partial charge in [0.05, 0.1) is 6.54 Å². The molecule has 5 heteroatoms. The van der Waals surface area contributed by atoms with E-state index < -0.39 is 0 Å². The minimum atomic E-state index is 0.625. The summed E-state index contributed by atoms with van der Waals surface area (Å²) in [5, 5.41) is 10.8. The van der Waals surface area contributed by atoms with Crippen LogP contribution in [-0.4, -0.2) is 14.8 Å². The average Bonchev–Trinajstić information content (AvgIpc) is 2.72. The minimum Gasteiger partial charge on any atom is -0.465 e. The summed E-state index contributed by atoms with van der Waals surface area (Å²) in [6.45, 7) is 2.55. The Labute approximate surface area is 81.8 Å². The Morgan fingerprint density at radius 3 is 2.93 bits per heavy atom. The lowest BCUT2D eigenvalue weighted by Gasteiger charge is -2.01. The topological polar surface area (TPSA) is 55.9 Å². The molecule has 0 saturated carbocycles. The van der Waals surface area contributed by atoms with Gasteiger partial charge in [0.15, 0.2) is 0 Å². The maximum Gasteiger partial charge on any atom is 0.224 e. The van der Waals surface area contributed by atoms with Crippen LogP contribution in [-0.2, 0) is 13.6 Å². The normalized spacial score (nSPS) is 10.4. The van der Waals surface area contributed by atoms with Crippen LogP contribution in [0.3, 0.4) is 0 Å². The monoisotopic (exact) mass is 192 g/mol. The van der Waals surface area contributed by atoms with Crippen molar-refractivity contribution in [2.24, 2.45) is 7.05 Å². The van der Waals surface area contributed by atoms with Gasteiger partial charge in [0.25, 0.3) is 0 Å². The van der Waals surface area contributed by atoms with Gasteiger partial charge in [-0.2, -0.15) is 0 Å². The van der Waals surface area contributed by atoms with E-state index in [2.05, 4.69) is 15.5 Å². The molecule has 14 heavy (non-hydrogen) atoms. The Morgan fingerprint density at radius 1 is 1.50 bits per heavy atom. The van der Waals surface area contributed by atoms with Crippen LogP contribution in [0.5, 0.6) is 0 Å². The van der Waals surface area contributed by atoms with E-state index >= 15 is 0 Å². The van der Waals surface area contributed by atoms with Crippen molar-refractivity contribution in [3.63, 3.8) is 0 Å². The van der Waals surface area contributed by atoms with E-state index in [1.807, 2.05) is 30.7 Å². The molecule has 0 atom stereocenters. The Balaban J connectivity index is 1.98. The van der Waals surface area contributed by atoms with Crippen LogP contribution in [0.25, 0.3) is 0 Å². The highest BCUT2D eigenvalue weighted by Gasteiger charge is 2.01. The molecule has 2 heterocycles. The van der Waals surface area contributed by atoms with E-state index in [1.54, 1.807) is 6.33 Å². The fraction of sp³-hybridized carbons (Fsp3) is 0.333. The molecule has 0 aliphatic heterocycles. The zero-order chi connectivity index (χ0) is 9.97. The fourth-order valence-electron chi connectivity index (χ4n) is 1.19. The Morgan fingerprint density at radius 2 is 2.36 bits per heavy atom. The van der Waals surface area contributed by atoms with E-state index in [4.69, 9.17) is 4.42 Å². The van der Waals surface area contributed by atoms with Crippen molar-refractivity contribution >= 4 is 5.95 Å². The number of aryl methyl sites for hydroxylation is 2. The van der Waals surface area contributed by atoms with Crippen molar-refractivity contribution in [1.29, 1.82) is 0 Å². The van der Waals surface area contributed by atoms with Gasteiger partial charge in [-0.25, -0.2) is 0 Å². The highest BCUT2D eigenvalue weighted by atomic mass is 16.3. The first kappa shape index (κ1) is 8.80. The van der Waals surface area contributed by atoms with Gasteiger partial charge in [0.2, 0.25) is 5.95 Å². The van der Waals surface area contributed by atoms with Gasteiger partial charge in [-0.15, -0.1) is 10.2 Å². The van der Waals surface area contributed by atoms with Gasteiger partial charge in [-0.05, 0) is 19.1 Å². The van der Waals surface area contributed by atoms with Gasteiger partial charge in [0, 0.05) is 7.05 Å². The van der Waals surface area contributed by atoms with Crippen LogP contribution >= 0.6 is 0 Å². The van der Waals surface area contributed by atoms with Crippen molar-refractivity contribution in [2.75, 3.05) is 5.32 Å². The Hall–Kier alpha value is -1.78. The molecule has 0 fully saturated rings. The van der Waals surface area contributed by atoms with Crippen LogP contribution in [0.4, 0.5) is 5.95 Å². The van der Waals surface area contributed by atoms with Crippen molar-refractivity contribution in [3.8, 4) is 0 Å². The quantitative estimate of drug-likeness (QED) is 0.797. The van der Waals surface area contributed by atoms with Gasteiger partial charge < -0.3 is 14.3 Å². The van der Waals surface area contributed by atoms with E-state index in [0.717, 1.165) is 17.5 Å². The molecule has 74 valence electrons. The second-order valence-electron chi connectivity index (χ2n) is 3.13. The first-order chi connectivity index (χ1) is 6.75. The molecule has 2 aromatic rings. The summed E-state index contributed by atoms with van der Waals surface area (Å²) in [5.41, 5.74) is 0. The first-order valence-electron chi connectivity index (χ1n) is 4.39. The molecule has 0 spiro atoms. The summed E-state index contributed by atoms with van der Waals surface area (Å²) in [6, 6.07) is 3.88. The highest BCUT2D eigenvalue weighted by Crippen LogP contribution is 2.08. The zero-order valence-corrected chi connectivity index (χ0v) is 8.19. The number of anilines is 1. The van der Waals surface area contributed by atoms with Gasteiger partial charge in [-0.3, -0.25) is 0 Å². The number of nitrogens with one attached hydrogen (secondary N) is 1. The Bertz CT molecular complexity index is 418. The molecule has 0 radical (unpaired) electrons. The Kier molecular flexibility index (Phi) is 2.22. The van der Waals surface area contributed by atoms with E-state index in [0.29, 0.717) is 6.54 Å². The number of hydrogen-bond donors (Lipinski definition) is 1. The van der Waals surface area contributed by atoms with Crippen LogP contribution in [0, 0.1) is 6.92 Å². The van der Waals surface area contributed by atoms with Crippen molar-refractivity contribution in [3.05, 3.63) is 30.0 Å². The van der Waals surface area contributed by atoms with Crippen LogP contribution in [0.15, 0.2) is 22.9 Å². The molecule has 0 aliphatic carbocycles. The summed E-state index contributed by atoms with van der Waals surface area (Å²) >= 11 is 0. The minimum absolute atomic E-state index is 0.625. The molecule has 5 nitrogen and oxygen atoms in total. The number of aromatic nitrogens is 3. The van der Waals surface area contributed by atoms with Crippen molar-refractivity contribution < 1.29 is 4.42 Å². The van der Waals surface area contributed by atoms with Crippen LogP contribution in [0.2, 0.25) is 0 Å². The van der Waals surface area contributed by atoms with Gasteiger partial charge in [-0.1, -0.05) is 0 Å². The lowest BCUT2D eigenvalue weighted by Crippen LogP contribution is -2.03. The second-order valence-corrected chi connectivity index (χ2v) is 3.13. The SMILES string of the molecule is Cc1ccc(CNc2nncn2C)o1. The maximum atomic E-state index is 5.40. The number of hydrogen-bond acceptors (Lipinski definition) is 4. The van der Waals surface area contributed by atoms with E-state index in [-0.39, 0.29) is 0 Å². The van der Waals surface area contributed by atoms with E-state index in [9.17, 15) is 0 Å². The molecule has 0 amide bonds. The van der Waals surface area contributed by atoms with Crippen LogP contribution < -0.4 is 5.32 Å². The smallest absolute Gasteiger partial charge is 0.224 e. The van der Waals surface area contributed by atoms with Crippen LogP contribution in [0.1, 0.15) is 11.5 Å². The summed E-state index contributed by atoms with van der Waals surface area (Å²) in [7, 11) is 1.88. The lowest BCUT2D eigenvalue weighted by molar-refractivity contribution is 0.490. The molecule has 0 saturated heterocycles. The first-order valence-corrected chi connectivity index (χ1v) is 4.39. The summed E-state index contributed by atoms with van der Waals surface area (Å²) < 4.78 is 7.22. The van der Waals surface area contributed by atoms with Crippen molar-refractivity contribution in [1.82, 2.24) is 14.8 Å². The number of rotatable bonds is 3. The van der Waals surface area contributed by atoms with Gasteiger partial charge in [0.1, 0.15) is 17.8 Å². The molecule has 0 bridgehead atoms. The molecular weight excluding hydrogens is 180 g/mol. The maximum absolute atomic E-state index is 5.40. The third-order valence-corrected chi connectivity index (χ3v) is 1.93. The molecule has 0 aliphatic rings. The molecule has 2 aromatic heterocycles. The molecular formula is C9H12N4O. The average molecular weight is 192 g/mol. The molecule has 2 rings (SSSR count). The second kappa shape index (κ2) is 3.53. The number of nitrogens with zero attached hydrogens (tertiary/aromatic N) is 3. The number of furan rings is 1. The van der Waals surface area contributed by atoms with Gasteiger partial charge >= 0.3 is 0 Å².